The van der Waals surface area contributed by atoms with Gasteiger partial charge in [0.15, 0.2) is 0 Å². The van der Waals surface area contributed by atoms with Crippen molar-refractivity contribution in [1.82, 2.24) is 5.32 Å². The largest absolute Gasteiger partial charge is 0.480 e. The zero-order valence-electron chi connectivity index (χ0n) is 20.7. The fraction of sp³-hybridized carbons (Fsp3) is 0.462. The molecule has 2 aromatic rings. The van der Waals surface area contributed by atoms with E-state index < -0.39 is 28.2 Å². The topological polar surface area (TPSA) is 130 Å². The van der Waals surface area contributed by atoms with Crippen LogP contribution in [0.5, 0.6) is 0 Å². The van der Waals surface area contributed by atoms with Gasteiger partial charge in [0, 0.05) is 12.3 Å². The van der Waals surface area contributed by atoms with Gasteiger partial charge < -0.3 is 19.6 Å². The molecule has 36 heavy (non-hydrogen) atoms. The molecule has 3 N–H and O–H groups in total. The van der Waals surface area contributed by atoms with Crippen LogP contribution in [-0.4, -0.2) is 80.2 Å². The van der Waals surface area contributed by atoms with Gasteiger partial charge >= 0.3 is 12.1 Å². The van der Waals surface area contributed by atoms with Crippen LogP contribution in [0.15, 0.2) is 48.5 Å². The molecular weight excluding hydrogens is 484 g/mol. The first kappa shape index (κ1) is 27.6. The molecule has 0 aromatic heterocycles. The maximum absolute atomic E-state index is 12.5. The molecule has 10 heteroatoms. The zero-order valence-corrected chi connectivity index (χ0v) is 21.5. The van der Waals surface area contributed by atoms with Crippen molar-refractivity contribution >= 4 is 22.2 Å². The van der Waals surface area contributed by atoms with Crippen molar-refractivity contribution in [3.8, 4) is 11.1 Å². The van der Waals surface area contributed by atoms with E-state index in [0.29, 0.717) is 36.8 Å². The van der Waals surface area contributed by atoms with Gasteiger partial charge in [0.1, 0.15) is 12.6 Å². The van der Waals surface area contributed by atoms with Crippen molar-refractivity contribution in [2.24, 2.45) is 0 Å². The van der Waals surface area contributed by atoms with Crippen LogP contribution in [0, 0.1) is 0 Å². The van der Waals surface area contributed by atoms with Crippen molar-refractivity contribution in [3.63, 3.8) is 0 Å². The van der Waals surface area contributed by atoms with Crippen LogP contribution in [0.3, 0.4) is 0 Å². The Morgan fingerprint density at radius 3 is 2.08 bits per heavy atom. The first-order valence-corrected chi connectivity index (χ1v) is 13.7. The van der Waals surface area contributed by atoms with E-state index in [9.17, 15) is 23.1 Å². The lowest BCUT2D eigenvalue weighted by molar-refractivity contribution is -0.890. The maximum Gasteiger partial charge on any atom is 0.407 e. The molecule has 0 fully saturated rings. The number of aliphatic carboxylic acids is 1. The third-order valence-electron chi connectivity index (χ3n) is 6.61. The lowest BCUT2D eigenvalue weighted by atomic mass is 9.98. The van der Waals surface area contributed by atoms with Crippen LogP contribution in [0.4, 0.5) is 4.79 Å². The van der Waals surface area contributed by atoms with Gasteiger partial charge in [-0.05, 0) is 41.5 Å². The third kappa shape index (κ3) is 7.78. The smallest absolute Gasteiger partial charge is 0.407 e. The van der Waals surface area contributed by atoms with E-state index in [-0.39, 0.29) is 24.7 Å². The molecule has 0 saturated carbocycles. The van der Waals surface area contributed by atoms with Crippen LogP contribution in [0.2, 0.25) is 0 Å². The van der Waals surface area contributed by atoms with E-state index in [1.54, 1.807) is 0 Å². The molecule has 1 amide bonds. The minimum Gasteiger partial charge on any atom is -0.480 e. The Morgan fingerprint density at radius 1 is 0.972 bits per heavy atom. The summed E-state index contributed by atoms with van der Waals surface area (Å²) < 4.78 is 36.6. The number of alkyl carbamates (subject to hydrolysis) is 1. The Hall–Kier alpha value is -2.95. The summed E-state index contributed by atoms with van der Waals surface area (Å²) in [5.74, 6) is -1.50. The average molecular weight is 520 g/mol. The highest BCUT2D eigenvalue weighted by Crippen LogP contribution is 2.44. The SMILES string of the molecule is C[N+](C)(CCCCC(NC(=O)OCC1c2ccccc2-c2ccccc21)C(=O)O)CCCS(=O)(=O)O. The first-order valence-electron chi connectivity index (χ1n) is 12.1. The summed E-state index contributed by atoms with van der Waals surface area (Å²) in [6, 6.07) is 14.9. The second-order valence-electron chi connectivity index (χ2n) is 9.88. The predicted octanol–water partition coefficient (Wildman–Crippen LogP) is 3.50. The fourth-order valence-corrected chi connectivity index (χ4v) is 5.21. The molecule has 1 unspecified atom stereocenters. The third-order valence-corrected chi connectivity index (χ3v) is 7.41. The Labute approximate surface area is 212 Å². The molecule has 0 saturated heterocycles. The summed E-state index contributed by atoms with van der Waals surface area (Å²) in [7, 11) is -0.0671. The molecule has 196 valence electrons. The number of unbranched alkanes of at least 4 members (excludes halogenated alkanes) is 1. The maximum atomic E-state index is 12.5. The van der Waals surface area contributed by atoms with Gasteiger partial charge in [-0.1, -0.05) is 48.5 Å². The van der Waals surface area contributed by atoms with Gasteiger partial charge in [-0.15, -0.1) is 0 Å². The molecule has 0 bridgehead atoms. The number of amides is 1. The Balaban J connectivity index is 1.46. The molecule has 0 aliphatic heterocycles. The molecular formula is C26H35N2O7S+. The van der Waals surface area contributed by atoms with Crippen molar-refractivity contribution in [3.05, 3.63) is 59.7 Å². The number of hydrogen-bond acceptors (Lipinski definition) is 5. The number of fused-ring (bicyclic) bond motifs is 3. The lowest BCUT2D eigenvalue weighted by Gasteiger charge is -2.29. The van der Waals surface area contributed by atoms with Crippen molar-refractivity contribution in [2.45, 2.75) is 37.6 Å². The van der Waals surface area contributed by atoms with Gasteiger partial charge in [-0.2, -0.15) is 8.42 Å². The number of hydrogen-bond donors (Lipinski definition) is 3. The van der Waals surface area contributed by atoms with Gasteiger partial charge in [0.2, 0.25) is 0 Å². The van der Waals surface area contributed by atoms with Crippen molar-refractivity contribution in [2.75, 3.05) is 39.5 Å². The monoisotopic (exact) mass is 519 g/mol. The molecule has 0 heterocycles. The summed E-state index contributed by atoms with van der Waals surface area (Å²) in [5.41, 5.74) is 4.40. The minimum absolute atomic E-state index is 0.104. The quantitative estimate of drug-likeness (QED) is 0.210. The van der Waals surface area contributed by atoms with Gasteiger partial charge in [0.05, 0.1) is 32.9 Å². The number of carboxylic acid groups (broad SMARTS) is 1. The van der Waals surface area contributed by atoms with Gasteiger partial charge in [-0.25, -0.2) is 9.59 Å². The normalized spacial score (nSPS) is 14.1. The highest BCUT2D eigenvalue weighted by atomic mass is 32.2. The number of nitrogens with one attached hydrogen (secondary N) is 1. The molecule has 2 aromatic carbocycles. The van der Waals surface area contributed by atoms with Gasteiger partial charge in [0.25, 0.3) is 10.1 Å². The number of rotatable bonds is 13. The van der Waals surface area contributed by atoms with Crippen LogP contribution in [0.25, 0.3) is 11.1 Å². The Kier molecular flexibility index (Phi) is 9.10. The number of carbonyl (C=O) groups excluding carboxylic acids is 1. The average Bonchev–Trinajstić information content (AvgIpc) is 3.12. The lowest BCUT2D eigenvalue weighted by Crippen LogP contribution is -2.43. The summed E-state index contributed by atoms with van der Waals surface area (Å²) in [4.78, 5) is 24.2. The second kappa shape index (κ2) is 11.9. The summed E-state index contributed by atoms with van der Waals surface area (Å²) in [6.45, 7) is 1.39. The number of ether oxygens (including phenoxy) is 1. The second-order valence-corrected chi connectivity index (χ2v) is 11.5. The van der Waals surface area contributed by atoms with Gasteiger partial charge in [-0.3, -0.25) is 4.55 Å². The van der Waals surface area contributed by atoms with Crippen LogP contribution in [-0.2, 0) is 19.6 Å². The number of carboxylic acids is 1. The Bertz CT molecular complexity index is 1130. The zero-order chi connectivity index (χ0) is 26.3. The van der Waals surface area contributed by atoms with Crippen LogP contribution >= 0.6 is 0 Å². The fourth-order valence-electron chi connectivity index (χ4n) is 4.71. The molecule has 3 rings (SSSR count). The van der Waals surface area contributed by atoms with E-state index >= 15 is 0 Å². The molecule has 1 aliphatic carbocycles. The van der Waals surface area contributed by atoms with Crippen molar-refractivity contribution < 1.29 is 36.9 Å². The van der Waals surface area contributed by atoms with E-state index in [2.05, 4.69) is 5.32 Å². The summed E-state index contributed by atoms with van der Waals surface area (Å²) >= 11 is 0. The highest BCUT2D eigenvalue weighted by molar-refractivity contribution is 7.85. The van der Waals surface area contributed by atoms with Crippen LogP contribution in [0.1, 0.15) is 42.7 Å². The molecule has 9 nitrogen and oxygen atoms in total. The highest BCUT2D eigenvalue weighted by Gasteiger charge is 2.29. The number of benzene rings is 2. The Morgan fingerprint density at radius 2 is 1.53 bits per heavy atom. The number of nitrogens with zero attached hydrogens (tertiary/aromatic N) is 1. The van der Waals surface area contributed by atoms with Crippen LogP contribution < -0.4 is 5.32 Å². The summed E-state index contributed by atoms with van der Waals surface area (Å²) in [6.07, 6.45) is 1.11. The molecule has 1 atom stereocenters. The van der Waals surface area contributed by atoms with E-state index in [1.165, 1.54) is 0 Å². The first-order chi connectivity index (χ1) is 17.0. The number of carbonyl (C=O) groups is 2. The van der Waals surface area contributed by atoms with E-state index in [4.69, 9.17) is 9.29 Å². The van der Waals surface area contributed by atoms with E-state index in [1.807, 2.05) is 62.6 Å². The number of quaternary nitrogens is 1. The summed E-state index contributed by atoms with van der Waals surface area (Å²) in [5, 5.41) is 12.0. The van der Waals surface area contributed by atoms with Crippen molar-refractivity contribution in [1.29, 1.82) is 0 Å². The van der Waals surface area contributed by atoms with E-state index in [0.717, 1.165) is 22.3 Å². The molecule has 0 radical (unpaired) electrons. The predicted molar refractivity (Wildman–Crippen MR) is 136 cm³/mol. The molecule has 1 aliphatic rings. The molecule has 0 spiro atoms. The minimum atomic E-state index is -3.97. The standard InChI is InChI=1S/C26H34N2O7S/c1-28(2,16-9-17-36(32,33)34)15-8-7-14-24(25(29)30)27-26(31)35-18-23-21-12-5-3-10-19(21)20-11-4-6-13-22(20)23/h3-6,10-13,23-24H,7-9,14-18H2,1-2H3,(H2-,27,29,30,31,32,33,34)/p+1.